The first kappa shape index (κ1) is 21.2. The number of carbonyl (C=O) groups excluding carboxylic acids is 3. The van der Waals surface area contributed by atoms with Crippen LogP contribution in [0.2, 0.25) is 0 Å². The van der Waals surface area contributed by atoms with Crippen LogP contribution >= 0.6 is 0 Å². The van der Waals surface area contributed by atoms with Gasteiger partial charge in [0.1, 0.15) is 11.6 Å². The van der Waals surface area contributed by atoms with Gasteiger partial charge in [0.25, 0.3) is 5.91 Å². The van der Waals surface area contributed by atoms with Crippen molar-refractivity contribution in [3.8, 4) is 6.07 Å². The van der Waals surface area contributed by atoms with E-state index < -0.39 is 17.8 Å². The molecule has 1 amide bonds. The monoisotopic (exact) mass is 393 g/mol. The van der Waals surface area contributed by atoms with Crippen LogP contribution in [0.1, 0.15) is 27.6 Å². The fourth-order valence-electron chi connectivity index (χ4n) is 2.36. The van der Waals surface area contributed by atoms with E-state index in [4.69, 9.17) is 4.74 Å². The van der Waals surface area contributed by atoms with Gasteiger partial charge < -0.3 is 20.1 Å². The van der Waals surface area contributed by atoms with Gasteiger partial charge in [-0.15, -0.1) is 0 Å². The number of esters is 2. The molecule has 8 nitrogen and oxygen atoms in total. The highest BCUT2D eigenvalue weighted by atomic mass is 16.5. The van der Waals surface area contributed by atoms with E-state index in [2.05, 4.69) is 15.4 Å². The lowest BCUT2D eigenvalue weighted by Gasteiger charge is -2.10. The molecule has 148 valence electrons. The summed E-state index contributed by atoms with van der Waals surface area (Å²) in [6.45, 7) is 1.91. The molecule has 0 saturated carbocycles. The van der Waals surface area contributed by atoms with Gasteiger partial charge in [-0.1, -0.05) is 24.3 Å². The molecule has 0 atom stereocenters. The standard InChI is InChI=1S/C21H19N3O5/c1-3-29-21(27)15-8-4-6-10-17(15)23-13-14(12-22)19(25)24-18-11-7-5-9-16(18)20(26)28-2/h4-11,13,23H,3H2,1-2H3,(H,24,25)/b14-13-. The van der Waals surface area contributed by atoms with E-state index >= 15 is 0 Å². The molecule has 0 aromatic heterocycles. The highest BCUT2D eigenvalue weighted by Gasteiger charge is 2.16. The largest absolute Gasteiger partial charge is 0.465 e. The molecule has 0 bridgehead atoms. The smallest absolute Gasteiger partial charge is 0.340 e. The van der Waals surface area contributed by atoms with Crippen LogP contribution in [0.3, 0.4) is 0 Å². The van der Waals surface area contributed by atoms with Gasteiger partial charge in [0.05, 0.1) is 36.2 Å². The minimum atomic E-state index is -0.732. The number of nitrogens with one attached hydrogen (secondary N) is 2. The molecule has 0 aliphatic heterocycles. The number of methoxy groups -OCH3 is 1. The predicted molar refractivity (Wildman–Crippen MR) is 106 cm³/mol. The molecular weight excluding hydrogens is 374 g/mol. The zero-order valence-corrected chi connectivity index (χ0v) is 15.9. The summed E-state index contributed by atoms with van der Waals surface area (Å²) >= 11 is 0. The van der Waals surface area contributed by atoms with Crippen molar-refractivity contribution >= 4 is 29.2 Å². The number of anilines is 2. The number of carbonyl (C=O) groups is 3. The average molecular weight is 393 g/mol. The summed E-state index contributed by atoms with van der Waals surface area (Å²) in [6, 6.07) is 14.6. The van der Waals surface area contributed by atoms with Crippen molar-refractivity contribution in [3.63, 3.8) is 0 Å². The fourth-order valence-corrected chi connectivity index (χ4v) is 2.36. The summed E-state index contributed by atoms with van der Waals surface area (Å²) in [4.78, 5) is 36.3. The maximum Gasteiger partial charge on any atom is 0.340 e. The molecule has 2 rings (SSSR count). The Morgan fingerprint density at radius 1 is 1.00 bits per heavy atom. The minimum absolute atomic E-state index is 0.154. The molecule has 0 saturated heterocycles. The Hall–Kier alpha value is -4.12. The second-order valence-corrected chi connectivity index (χ2v) is 5.57. The van der Waals surface area contributed by atoms with E-state index in [9.17, 15) is 19.6 Å². The van der Waals surface area contributed by atoms with Gasteiger partial charge in [-0.25, -0.2) is 9.59 Å². The molecule has 29 heavy (non-hydrogen) atoms. The maximum atomic E-state index is 12.5. The number of rotatable bonds is 7. The molecule has 0 radical (unpaired) electrons. The third-order valence-electron chi connectivity index (χ3n) is 3.74. The maximum absolute atomic E-state index is 12.5. The van der Waals surface area contributed by atoms with E-state index in [1.165, 1.54) is 25.4 Å². The molecule has 0 unspecified atom stereocenters. The summed E-state index contributed by atoms with van der Waals surface area (Å²) in [5, 5.41) is 14.6. The van der Waals surface area contributed by atoms with E-state index in [1.54, 1.807) is 49.4 Å². The lowest BCUT2D eigenvalue weighted by Crippen LogP contribution is -2.17. The number of hydrogen-bond acceptors (Lipinski definition) is 7. The van der Waals surface area contributed by atoms with Crippen molar-refractivity contribution in [2.24, 2.45) is 0 Å². The summed E-state index contributed by atoms with van der Waals surface area (Å²) < 4.78 is 9.67. The van der Waals surface area contributed by atoms with Crippen molar-refractivity contribution in [1.82, 2.24) is 0 Å². The molecule has 0 fully saturated rings. The van der Waals surface area contributed by atoms with Crippen LogP contribution in [-0.2, 0) is 14.3 Å². The molecule has 2 aromatic carbocycles. The summed E-state index contributed by atoms with van der Waals surface area (Å²) in [5.41, 5.74) is 0.739. The molecule has 0 aliphatic rings. The van der Waals surface area contributed by atoms with Crippen LogP contribution in [0.5, 0.6) is 0 Å². The lowest BCUT2D eigenvalue weighted by atomic mass is 10.1. The number of nitriles is 1. The van der Waals surface area contributed by atoms with Crippen LogP contribution in [0.25, 0.3) is 0 Å². The van der Waals surface area contributed by atoms with Crippen molar-refractivity contribution in [3.05, 3.63) is 71.4 Å². The van der Waals surface area contributed by atoms with Gasteiger partial charge in [0, 0.05) is 6.20 Å². The molecule has 0 aliphatic carbocycles. The Bertz CT molecular complexity index is 992. The number of benzene rings is 2. The molecule has 8 heteroatoms. The van der Waals surface area contributed by atoms with Crippen molar-refractivity contribution in [2.75, 3.05) is 24.4 Å². The average Bonchev–Trinajstić information content (AvgIpc) is 2.74. The quantitative estimate of drug-likeness (QED) is 0.421. The zero-order chi connectivity index (χ0) is 21.2. The Balaban J connectivity index is 2.22. The Kier molecular flexibility index (Phi) is 7.51. The molecule has 2 aromatic rings. The Morgan fingerprint density at radius 2 is 1.59 bits per heavy atom. The second kappa shape index (κ2) is 10.3. The van der Waals surface area contributed by atoms with Crippen LogP contribution in [0.4, 0.5) is 11.4 Å². The van der Waals surface area contributed by atoms with Crippen LogP contribution in [-0.4, -0.2) is 31.6 Å². The highest BCUT2D eigenvalue weighted by molar-refractivity contribution is 6.09. The third-order valence-corrected chi connectivity index (χ3v) is 3.74. The fraction of sp³-hybridized carbons (Fsp3) is 0.143. The van der Waals surface area contributed by atoms with Gasteiger partial charge in [-0.2, -0.15) is 5.26 Å². The summed E-state index contributed by atoms with van der Waals surface area (Å²) in [5.74, 6) is -1.88. The van der Waals surface area contributed by atoms with Crippen LogP contribution < -0.4 is 10.6 Å². The van der Waals surface area contributed by atoms with Crippen molar-refractivity contribution < 1.29 is 23.9 Å². The molecule has 2 N–H and O–H groups in total. The van der Waals surface area contributed by atoms with Crippen LogP contribution in [0.15, 0.2) is 60.3 Å². The van der Waals surface area contributed by atoms with Crippen molar-refractivity contribution in [1.29, 1.82) is 5.26 Å². The molecular formula is C21H19N3O5. The first-order valence-electron chi connectivity index (χ1n) is 8.63. The summed E-state index contributed by atoms with van der Waals surface area (Å²) in [6.07, 6.45) is 1.17. The molecule has 0 spiro atoms. The number of nitrogens with zero attached hydrogens (tertiary/aromatic N) is 1. The van der Waals surface area contributed by atoms with E-state index in [0.29, 0.717) is 5.69 Å². The first-order valence-corrected chi connectivity index (χ1v) is 8.63. The predicted octanol–water partition coefficient (Wildman–Crippen LogP) is 3.11. The Morgan fingerprint density at radius 3 is 2.17 bits per heavy atom. The highest BCUT2D eigenvalue weighted by Crippen LogP contribution is 2.19. The van der Waals surface area contributed by atoms with E-state index in [0.717, 1.165) is 0 Å². The number of amides is 1. The third kappa shape index (κ3) is 5.43. The topological polar surface area (TPSA) is 118 Å². The van der Waals surface area contributed by atoms with Gasteiger partial charge in [-0.05, 0) is 31.2 Å². The molecule has 0 heterocycles. The normalized spacial score (nSPS) is 10.4. The SMILES string of the molecule is CCOC(=O)c1ccccc1N/C=C(/C#N)C(=O)Nc1ccccc1C(=O)OC. The van der Waals surface area contributed by atoms with E-state index in [-0.39, 0.29) is 29.0 Å². The lowest BCUT2D eigenvalue weighted by molar-refractivity contribution is -0.112. The zero-order valence-electron chi connectivity index (χ0n) is 15.9. The van der Waals surface area contributed by atoms with Gasteiger partial charge in [0.15, 0.2) is 0 Å². The summed E-state index contributed by atoms with van der Waals surface area (Å²) in [7, 11) is 1.23. The van der Waals surface area contributed by atoms with Crippen molar-refractivity contribution in [2.45, 2.75) is 6.92 Å². The van der Waals surface area contributed by atoms with Gasteiger partial charge in [0.2, 0.25) is 0 Å². The number of para-hydroxylation sites is 2. The van der Waals surface area contributed by atoms with Gasteiger partial charge >= 0.3 is 11.9 Å². The first-order chi connectivity index (χ1) is 14.0. The minimum Gasteiger partial charge on any atom is -0.465 e. The van der Waals surface area contributed by atoms with Crippen LogP contribution in [0, 0.1) is 11.3 Å². The van der Waals surface area contributed by atoms with Gasteiger partial charge in [-0.3, -0.25) is 4.79 Å². The number of ether oxygens (including phenoxy) is 2. The van der Waals surface area contributed by atoms with E-state index in [1.807, 2.05) is 0 Å². The Labute approximate surface area is 167 Å². The second-order valence-electron chi connectivity index (χ2n) is 5.57. The number of hydrogen-bond donors (Lipinski definition) is 2.